The average Bonchev–Trinajstić information content (AvgIpc) is 3.85. The van der Waals surface area contributed by atoms with E-state index in [-0.39, 0.29) is 29.6 Å². The highest BCUT2D eigenvalue weighted by molar-refractivity contribution is 6.02. The van der Waals surface area contributed by atoms with Gasteiger partial charge in [-0.25, -0.2) is 24.9 Å². The van der Waals surface area contributed by atoms with Crippen LogP contribution in [0.1, 0.15) is 60.3 Å². The molecule has 3 aliphatic carbocycles. The first kappa shape index (κ1) is 23.5. The van der Waals surface area contributed by atoms with E-state index in [0.29, 0.717) is 30.0 Å². The number of fused-ring (bicyclic) bond motifs is 2. The van der Waals surface area contributed by atoms with Crippen LogP contribution in [0.15, 0.2) is 43.1 Å². The van der Waals surface area contributed by atoms with Gasteiger partial charge in [0.05, 0.1) is 17.9 Å². The zero-order chi connectivity index (χ0) is 27.0. The number of carbonyl (C=O) groups excluding carboxylic acids is 2. The fraction of sp³-hybridized carbons (Fsp3) is 0.414. The van der Waals surface area contributed by atoms with Crippen molar-refractivity contribution < 1.29 is 9.59 Å². The summed E-state index contributed by atoms with van der Waals surface area (Å²) in [5.41, 5.74) is 4.75. The summed E-state index contributed by atoms with van der Waals surface area (Å²) in [6.45, 7) is 3.16. The molecule has 4 aromatic heterocycles. The highest BCUT2D eigenvalue weighted by atomic mass is 16.2. The molecule has 4 aromatic rings. The molecule has 4 fully saturated rings. The highest BCUT2D eigenvalue weighted by Gasteiger charge is 2.53. The summed E-state index contributed by atoms with van der Waals surface area (Å²) in [7, 11) is 0. The third kappa shape index (κ3) is 4.25. The normalized spacial score (nSPS) is 24.7. The predicted octanol–water partition coefficient (Wildman–Crippen LogP) is 3.44. The third-order valence-corrected chi connectivity index (χ3v) is 8.51. The molecule has 1 saturated heterocycles. The first-order chi connectivity index (χ1) is 19.5. The van der Waals surface area contributed by atoms with Crippen LogP contribution in [-0.4, -0.2) is 47.7 Å². The molecule has 0 unspecified atom stereocenters. The van der Waals surface area contributed by atoms with Crippen LogP contribution in [0.2, 0.25) is 0 Å². The number of carbonyl (C=O) groups is 2. The number of pyridine rings is 1. The zero-order valence-corrected chi connectivity index (χ0v) is 22.1. The molecule has 3 saturated carbocycles. The molecule has 11 nitrogen and oxygen atoms in total. The molecule has 1 aliphatic heterocycles. The monoisotopic (exact) mass is 535 g/mol. The molecule has 2 N–H and O–H groups in total. The van der Waals surface area contributed by atoms with Crippen molar-refractivity contribution in [1.82, 2.24) is 29.3 Å². The molecule has 11 heteroatoms. The summed E-state index contributed by atoms with van der Waals surface area (Å²) in [6.07, 6.45) is 11.5. The molecule has 0 bridgehead atoms. The van der Waals surface area contributed by atoms with Gasteiger partial charge in [-0.05, 0) is 62.1 Å². The molecule has 5 heterocycles. The Hall–Kier alpha value is -4.41. The van der Waals surface area contributed by atoms with Crippen molar-refractivity contribution >= 4 is 34.8 Å². The molecule has 0 radical (unpaired) electrons. The zero-order valence-electron chi connectivity index (χ0n) is 22.1. The van der Waals surface area contributed by atoms with E-state index in [4.69, 9.17) is 4.98 Å². The molecular formula is C29H29N9O2. The van der Waals surface area contributed by atoms with E-state index < -0.39 is 0 Å². The average molecular weight is 536 g/mol. The lowest BCUT2D eigenvalue weighted by atomic mass is 10.1. The van der Waals surface area contributed by atoms with Gasteiger partial charge >= 0.3 is 0 Å². The van der Waals surface area contributed by atoms with Crippen molar-refractivity contribution in [3.63, 3.8) is 0 Å². The smallest absolute Gasteiger partial charge is 0.230 e. The molecular weight excluding hydrogens is 506 g/mol. The van der Waals surface area contributed by atoms with Gasteiger partial charge in [0, 0.05) is 54.6 Å². The van der Waals surface area contributed by atoms with Gasteiger partial charge in [0.2, 0.25) is 11.8 Å². The van der Waals surface area contributed by atoms with Crippen molar-refractivity contribution in [1.29, 1.82) is 0 Å². The summed E-state index contributed by atoms with van der Waals surface area (Å²) < 4.78 is 2.06. The number of hydrogen-bond donors (Lipinski definition) is 2. The number of rotatable bonds is 8. The molecule has 8 rings (SSSR count). The Kier molecular flexibility index (Phi) is 5.17. The van der Waals surface area contributed by atoms with Crippen molar-refractivity contribution in [3.05, 3.63) is 65.9 Å². The quantitative estimate of drug-likeness (QED) is 0.351. The van der Waals surface area contributed by atoms with Gasteiger partial charge in [-0.15, -0.1) is 0 Å². The Balaban J connectivity index is 0.962. The van der Waals surface area contributed by atoms with E-state index in [1.54, 1.807) is 12.3 Å². The van der Waals surface area contributed by atoms with Crippen LogP contribution in [-0.2, 0) is 16.1 Å². The molecule has 4 aliphatic rings. The number of nitrogens with one attached hydrogen (secondary N) is 2. The van der Waals surface area contributed by atoms with E-state index in [9.17, 15) is 9.59 Å². The third-order valence-electron chi connectivity index (χ3n) is 8.51. The number of aryl methyl sites for hydroxylation is 1. The van der Waals surface area contributed by atoms with E-state index in [1.807, 2.05) is 24.1 Å². The molecule has 0 aromatic carbocycles. The lowest BCUT2D eigenvalue weighted by Crippen LogP contribution is -2.28. The number of amides is 2. The second-order valence-electron chi connectivity index (χ2n) is 11.6. The van der Waals surface area contributed by atoms with E-state index in [1.165, 1.54) is 24.7 Å². The van der Waals surface area contributed by atoms with Crippen LogP contribution in [0.25, 0.3) is 5.65 Å². The van der Waals surface area contributed by atoms with Gasteiger partial charge in [-0.2, -0.15) is 0 Å². The van der Waals surface area contributed by atoms with Crippen molar-refractivity contribution in [2.45, 2.75) is 51.0 Å². The number of nitrogens with zero attached hydrogens (tertiary/aromatic N) is 7. The Morgan fingerprint density at radius 3 is 2.73 bits per heavy atom. The van der Waals surface area contributed by atoms with E-state index >= 15 is 0 Å². The van der Waals surface area contributed by atoms with Crippen LogP contribution in [0.3, 0.4) is 0 Å². The van der Waals surface area contributed by atoms with Gasteiger partial charge in [-0.1, -0.05) is 0 Å². The maximum absolute atomic E-state index is 12.9. The minimum absolute atomic E-state index is 0.0429. The van der Waals surface area contributed by atoms with E-state index in [2.05, 4.69) is 47.2 Å². The fourth-order valence-corrected chi connectivity index (χ4v) is 5.91. The molecule has 4 atom stereocenters. The standard InChI is InChI=1S/C29H29N9O2/c1-15-4-5-30-26(34-15)21-8-22(21)28(39)36-25-9-24(32-14-33-25)31-10-19-13-37-11-17(16-2-3-16)7-23(27(37)35-19)38-12-18-6-20(18)29(38)40/h4-5,7,9,11,13-14,16,18,20-22H,2-3,6,8,10,12H2,1H3,(H2,31,32,33,36,39)/t18-,20-,21+,22+/m0/s1. The lowest BCUT2D eigenvalue weighted by Gasteiger charge is -2.20. The summed E-state index contributed by atoms with van der Waals surface area (Å²) in [5, 5.41) is 6.21. The number of piperidine rings is 1. The lowest BCUT2D eigenvalue weighted by molar-refractivity contribution is -0.119. The van der Waals surface area contributed by atoms with Crippen LogP contribution in [0.5, 0.6) is 0 Å². The Bertz CT molecular complexity index is 1680. The minimum atomic E-state index is -0.158. The van der Waals surface area contributed by atoms with Gasteiger partial charge in [0.15, 0.2) is 5.65 Å². The second-order valence-corrected chi connectivity index (χ2v) is 11.6. The Morgan fingerprint density at radius 2 is 1.93 bits per heavy atom. The number of hydrogen-bond acceptors (Lipinski definition) is 8. The van der Waals surface area contributed by atoms with Gasteiger partial charge in [0.25, 0.3) is 0 Å². The Labute approximate surface area is 230 Å². The van der Waals surface area contributed by atoms with Crippen LogP contribution >= 0.6 is 0 Å². The van der Waals surface area contributed by atoms with Crippen LogP contribution in [0, 0.1) is 24.7 Å². The summed E-state index contributed by atoms with van der Waals surface area (Å²) in [5.74, 6) is 3.06. The number of anilines is 3. The molecule has 202 valence electrons. The van der Waals surface area contributed by atoms with Crippen molar-refractivity contribution in [2.75, 3.05) is 22.1 Å². The topological polar surface area (TPSA) is 130 Å². The largest absolute Gasteiger partial charge is 0.364 e. The van der Waals surface area contributed by atoms with Gasteiger partial charge < -0.3 is 19.9 Å². The molecule has 2 amide bonds. The minimum Gasteiger partial charge on any atom is -0.364 e. The predicted molar refractivity (Wildman–Crippen MR) is 147 cm³/mol. The van der Waals surface area contributed by atoms with Crippen LogP contribution < -0.4 is 15.5 Å². The van der Waals surface area contributed by atoms with Gasteiger partial charge in [0.1, 0.15) is 23.8 Å². The Morgan fingerprint density at radius 1 is 1.05 bits per heavy atom. The number of aromatic nitrogens is 6. The van der Waals surface area contributed by atoms with Gasteiger partial charge in [-0.3, -0.25) is 9.59 Å². The van der Waals surface area contributed by atoms with Crippen LogP contribution in [0.4, 0.5) is 17.3 Å². The number of imidazole rings is 1. The van der Waals surface area contributed by atoms with E-state index in [0.717, 1.165) is 47.9 Å². The highest BCUT2D eigenvalue weighted by Crippen LogP contribution is 2.49. The second kappa shape index (κ2) is 8.80. The molecule has 0 spiro atoms. The van der Waals surface area contributed by atoms with Crippen molar-refractivity contribution in [2.24, 2.45) is 17.8 Å². The summed E-state index contributed by atoms with van der Waals surface area (Å²) >= 11 is 0. The maximum Gasteiger partial charge on any atom is 0.230 e. The molecule has 40 heavy (non-hydrogen) atoms. The summed E-state index contributed by atoms with van der Waals surface area (Å²) in [6, 6.07) is 5.75. The maximum atomic E-state index is 12.9. The first-order valence-electron chi connectivity index (χ1n) is 14.0. The SMILES string of the molecule is Cc1ccnc([C@@H]2C[C@H]2C(=O)Nc2cc(NCc3cn4cc(C5CC5)cc(N5C[C@@H]6C[C@@H]6C5=O)c4n3)ncn2)n1. The first-order valence-corrected chi connectivity index (χ1v) is 14.0. The van der Waals surface area contributed by atoms with Crippen molar-refractivity contribution in [3.8, 4) is 0 Å². The fourth-order valence-electron chi connectivity index (χ4n) is 5.91. The summed E-state index contributed by atoms with van der Waals surface area (Å²) in [4.78, 5) is 49.9.